The van der Waals surface area contributed by atoms with E-state index in [9.17, 15) is 9.18 Å². The number of aromatic carboxylic acids is 1. The lowest BCUT2D eigenvalue weighted by Gasteiger charge is -2.03. The highest BCUT2D eigenvalue weighted by atomic mass is 19.1. The highest BCUT2D eigenvalue weighted by molar-refractivity contribution is 5.86. The van der Waals surface area contributed by atoms with E-state index in [0.717, 1.165) is 5.56 Å². The van der Waals surface area contributed by atoms with Gasteiger partial charge in [0, 0.05) is 6.42 Å². The van der Waals surface area contributed by atoms with Crippen LogP contribution in [0.3, 0.4) is 0 Å². The first kappa shape index (κ1) is 11.3. The second kappa shape index (κ2) is 4.37. The van der Waals surface area contributed by atoms with Crippen molar-refractivity contribution in [2.75, 3.05) is 0 Å². The van der Waals surface area contributed by atoms with Crippen LogP contribution in [-0.2, 0) is 6.42 Å². The Labute approximate surface area is 97.1 Å². The van der Waals surface area contributed by atoms with Crippen LogP contribution >= 0.6 is 0 Å². The molecular weight excluding hydrogens is 223 g/mol. The Kier molecular flexibility index (Phi) is 2.91. The van der Waals surface area contributed by atoms with Crippen molar-refractivity contribution in [3.05, 3.63) is 52.9 Å². The van der Waals surface area contributed by atoms with E-state index in [0.29, 0.717) is 17.7 Å². The molecule has 0 unspecified atom stereocenters. The summed E-state index contributed by atoms with van der Waals surface area (Å²) >= 11 is 0. The molecule has 0 saturated heterocycles. The first-order chi connectivity index (χ1) is 8.08. The van der Waals surface area contributed by atoms with Crippen molar-refractivity contribution in [3.63, 3.8) is 0 Å². The van der Waals surface area contributed by atoms with E-state index in [-0.39, 0.29) is 11.5 Å². The maximum absolute atomic E-state index is 13.1. The van der Waals surface area contributed by atoms with Crippen LogP contribution in [0, 0.1) is 12.7 Å². The predicted octanol–water partition coefficient (Wildman–Crippen LogP) is 2.15. The fourth-order valence-corrected chi connectivity index (χ4v) is 1.66. The Morgan fingerprint density at radius 1 is 1.53 bits per heavy atom. The molecule has 5 heteroatoms. The zero-order valence-electron chi connectivity index (χ0n) is 9.20. The lowest BCUT2D eigenvalue weighted by atomic mass is 10.1. The van der Waals surface area contributed by atoms with Gasteiger partial charge in [-0.1, -0.05) is 12.1 Å². The van der Waals surface area contributed by atoms with Crippen LogP contribution in [-0.4, -0.2) is 21.0 Å². The molecule has 0 aliphatic carbocycles. The summed E-state index contributed by atoms with van der Waals surface area (Å²) < 4.78 is 13.1. The fourth-order valence-electron chi connectivity index (χ4n) is 1.66. The molecule has 1 heterocycles. The fraction of sp³-hybridized carbons (Fsp3) is 0.167. The van der Waals surface area contributed by atoms with Crippen LogP contribution in [0.2, 0.25) is 0 Å². The van der Waals surface area contributed by atoms with Crippen LogP contribution in [0.25, 0.3) is 0 Å². The number of aromatic amines is 1. The van der Waals surface area contributed by atoms with E-state index in [1.54, 1.807) is 19.1 Å². The normalized spacial score (nSPS) is 10.5. The van der Waals surface area contributed by atoms with Gasteiger partial charge in [0.25, 0.3) is 0 Å². The summed E-state index contributed by atoms with van der Waals surface area (Å²) in [4.78, 5) is 17.4. The minimum absolute atomic E-state index is 0.00646. The molecule has 1 aromatic heterocycles. The van der Waals surface area contributed by atoms with Gasteiger partial charge in [-0.05, 0) is 24.1 Å². The number of benzene rings is 1. The highest BCUT2D eigenvalue weighted by Gasteiger charge is 2.13. The van der Waals surface area contributed by atoms with Crippen molar-refractivity contribution >= 4 is 5.97 Å². The van der Waals surface area contributed by atoms with E-state index < -0.39 is 5.97 Å². The first-order valence-electron chi connectivity index (χ1n) is 5.08. The molecule has 0 radical (unpaired) electrons. The van der Waals surface area contributed by atoms with Gasteiger partial charge < -0.3 is 10.1 Å². The molecule has 88 valence electrons. The Morgan fingerprint density at radius 3 is 2.94 bits per heavy atom. The van der Waals surface area contributed by atoms with Crippen LogP contribution < -0.4 is 0 Å². The molecule has 2 rings (SSSR count). The zero-order chi connectivity index (χ0) is 12.4. The van der Waals surface area contributed by atoms with Crippen LogP contribution in [0.5, 0.6) is 0 Å². The molecule has 1 aromatic carbocycles. The van der Waals surface area contributed by atoms with Crippen molar-refractivity contribution in [1.82, 2.24) is 9.97 Å². The molecule has 0 amide bonds. The Morgan fingerprint density at radius 2 is 2.29 bits per heavy atom. The number of aromatic nitrogens is 2. The van der Waals surface area contributed by atoms with Crippen LogP contribution in [0.15, 0.2) is 24.5 Å². The van der Waals surface area contributed by atoms with Gasteiger partial charge in [-0.15, -0.1) is 0 Å². The Balaban J connectivity index is 2.28. The number of carboxylic acids is 1. The van der Waals surface area contributed by atoms with Crippen molar-refractivity contribution in [3.8, 4) is 0 Å². The number of carboxylic acid groups (broad SMARTS) is 1. The number of carbonyl (C=O) groups is 1. The maximum Gasteiger partial charge on any atom is 0.356 e. The number of rotatable bonds is 3. The third kappa shape index (κ3) is 2.33. The number of imidazole rings is 1. The molecule has 0 fully saturated rings. The third-order valence-electron chi connectivity index (χ3n) is 2.52. The highest BCUT2D eigenvalue weighted by Crippen LogP contribution is 2.14. The molecule has 0 atom stereocenters. The summed E-state index contributed by atoms with van der Waals surface area (Å²) in [5, 5.41) is 8.89. The van der Waals surface area contributed by atoms with Gasteiger partial charge in [-0.3, -0.25) is 0 Å². The summed E-state index contributed by atoms with van der Waals surface area (Å²) in [6, 6.07) is 4.71. The van der Waals surface area contributed by atoms with E-state index in [1.807, 2.05) is 0 Å². The summed E-state index contributed by atoms with van der Waals surface area (Å²) in [6.07, 6.45) is 1.73. The molecule has 0 spiro atoms. The summed E-state index contributed by atoms with van der Waals surface area (Å²) in [5.74, 6) is -1.34. The van der Waals surface area contributed by atoms with E-state index in [2.05, 4.69) is 9.97 Å². The quantitative estimate of drug-likeness (QED) is 0.855. The Bertz CT molecular complexity index is 563. The van der Waals surface area contributed by atoms with Gasteiger partial charge in [-0.25, -0.2) is 14.2 Å². The molecule has 2 N–H and O–H groups in total. The number of nitrogens with one attached hydrogen (secondary N) is 1. The smallest absolute Gasteiger partial charge is 0.356 e. The van der Waals surface area contributed by atoms with E-state index in [1.165, 1.54) is 12.4 Å². The number of aryl methyl sites for hydroxylation is 1. The average molecular weight is 234 g/mol. The van der Waals surface area contributed by atoms with Crippen molar-refractivity contribution in [2.45, 2.75) is 13.3 Å². The molecule has 0 aliphatic heterocycles. The largest absolute Gasteiger partial charge is 0.476 e. The molecule has 2 aromatic rings. The van der Waals surface area contributed by atoms with Crippen molar-refractivity contribution in [2.24, 2.45) is 0 Å². The molecule has 0 aliphatic rings. The Hall–Kier alpha value is -2.17. The molecule has 17 heavy (non-hydrogen) atoms. The number of nitrogens with zero attached hydrogens (tertiary/aromatic N) is 1. The monoisotopic (exact) mass is 234 g/mol. The van der Waals surface area contributed by atoms with Gasteiger partial charge in [0.05, 0.1) is 12.0 Å². The van der Waals surface area contributed by atoms with E-state index >= 15 is 0 Å². The second-order valence-electron chi connectivity index (χ2n) is 3.80. The number of H-pyrrole nitrogens is 1. The molecule has 0 saturated carbocycles. The lowest BCUT2D eigenvalue weighted by molar-refractivity contribution is 0.0690. The molecule has 4 nitrogen and oxygen atoms in total. The summed E-state index contributed by atoms with van der Waals surface area (Å²) in [7, 11) is 0. The molecular formula is C12H11FN2O2. The van der Waals surface area contributed by atoms with Gasteiger partial charge >= 0.3 is 5.97 Å². The topological polar surface area (TPSA) is 66.0 Å². The van der Waals surface area contributed by atoms with Gasteiger partial charge in [0.2, 0.25) is 0 Å². The number of halogens is 1. The van der Waals surface area contributed by atoms with Gasteiger partial charge in [0.15, 0.2) is 5.69 Å². The zero-order valence-corrected chi connectivity index (χ0v) is 9.20. The van der Waals surface area contributed by atoms with Gasteiger partial charge in [-0.2, -0.15) is 0 Å². The summed E-state index contributed by atoms with van der Waals surface area (Å²) in [6.45, 7) is 1.67. The first-order valence-corrected chi connectivity index (χ1v) is 5.08. The lowest BCUT2D eigenvalue weighted by Crippen LogP contribution is -2.03. The standard InChI is InChI=1S/C12H11FN2O2/c1-7-4-8(2-3-9(7)13)5-10-11(12(16)17)15-6-14-10/h2-4,6H,5H2,1H3,(H,14,15)(H,16,17). The van der Waals surface area contributed by atoms with Crippen LogP contribution in [0.4, 0.5) is 4.39 Å². The minimum Gasteiger partial charge on any atom is -0.476 e. The SMILES string of the molecule is Cc1cc(Cc2[nH]cnc2C(=O)O)ccc1F. The number of hydrogen-bond acceptors (Lipinski definition) is 2. The summed E-state index contributed by atoms with van der Waals surface area (Å²) in [5.41, 5.74) is 1.91. The van der Waals surface area contributed by atoms with Crippen LogP contribution in [0.1, 0.15) is 27.3 Å². The van der Waals surface area contributed by atoms with E-state index in [4.69, 9.17) is 5.11 Å². The third-order valence-corrected chi connectivity index (χ3v) is 2.52. The second-order valence-corrected chi connectivity index (χ2v) is 3.80. The predicted molar refractivity (Wildman–Crippen MR) is 59.5 cm³/mol. The van der Waals surface area contributed by atoms with Gasteiger partial charge in [0.1, 0.15) is 5.82 Å². The number of hydrogen-bond donors (Lipinski definition) is 2. The van der Waals surface area contributed by atoms with Crippen molar-refractivity contribution in [1.29, 1.82) is 0 Å². The average Bonchev–Trinajstić information content (AvgIpc) is 2.72. The molecule has 0 bridgehead atoms. The van der Waals surface area contributed by atoms with Crippen molar-refractivity contribution < 1.29 is 14.3 Å². The minimum atomic E-state index is -1.07. The maximum atomic E-state index is 13.1.